The average molecular weight is 525 g/mol. The largest absolute Gasteiger partial charge is 0.394 e. The second-order valence-corrected chi connectivity index (χ2v) is 7.05. The number of aliphatic hydroxyl groups is 1. The minimum absolute atomic E-state index is 0.143. The molecule has 1 amide bonds. The first kappa shape index (κ1) is 23.3. The number of nitrogens with one attached hydrogen (secondary N) is 2. The summed E-state index contributed by atoms with van der Waals surface area (Å²) in [5.41, 5.74) is 0.842. The summed E-state index contributed by atoms with van der Waals surface area (Å²) in [5.74, 6) is -4.19. The number of nitrogens with zero attached hydrogens (tertiary/aromatic N) is 1. The number of carbonyl (C=O) groups is 1. The van der Waals surface area contributed by atoms with Crippen molar-refractivity contribution in [1.29, 1.82) is 0 Å². The molecule has 0 bridgehead atoms. The van der Waals surface area contributed by atoms with Gasteiger partial charge in [-0.1, -0.05) is 0 Å². The summed E-state index contributed by atoms with van der Waals surface area (Å²) >= 11 is 1.90. The van der Waals surface area contributed by atoms with Gasteiger partial charge in [-0.3, -0.25) is 9.63 Å². The molecule has 0 heterocycles. The highest BCUT2D eigenvalue weighted by molar-refractivity contribution is 14.1. The van der Waals surface area contributed by atoms with Gasteiger partial charge in [-0.15, -0.1) is 0 Å². The van der Waals surface area contributed by atoms with Crippen molar-refractivity contribution in [2.45, 2.75) is 6.54 Å². The minimum atomic E-state index is -1.36. The molecule has 2 aromatic carbocycles. The van der Waals surface area contributed by atoms with Crippen LogP contribution in [0.2, 0.25) is 0 Å². The predicted octanol–water partition coefficient (Wildman–Crippen LogP) is 3.10. The fraction of sp³-hybridized carbons (Fsp3) is 0.278. The molecule has 29 heavy (non-hydrogen) atoms. The molecular weight excluding hydrogens is 506 g/mol. The Balaban J connectivity index is 2.50. The van der Waals surface area contributed by atoms with Crippen molar-refractivity contribution in [3.8, 4) is 0 Å². The third-order valence-corrected chi connectivity index (χ3v) is 4.45. The van der Waals surface area contributed by atoms with Crippen LogP contribution in [-0.2, 0) is 16.2 Å². The summed E-state index contributed by atoms with van der Waals surface area (Å²) in [6.07, 6.45) is 0. The van der Waals surface area contributed by atoms with Crippen molar-refractivity contribution in [2.75, 3.05) is 32.7 Å². The highest BCUT2D eigenvalue weighted by Crippen LogP contribution is 2.31. The van der Waals surface area contributed by atoms with Gasteiger partial charge in [-0.2, -0.15) is 5.06 Å². The monoisotopic (exact) mass is 525 g/mol. The van der Waals surface area contributed by atoms with Gasteiger partial charge < -0.3 is 15.3 Å². The molecule has 0 spiro atoms. The number of hydrogen-bond acceptors (Lipinski definition) is 6. The molecule has 158 valence electrons. The number of carbonyl (C=O) groups excluding carboxylic acids is 1. The molecule has 0 radical (unpaired) electrons. The zero-order chi connectivity index (χ0) is 21.6. The quantitative estimate of drug-likeness (QED) is 0.265. The number of rotatable bonds is 9. The fourth-order valence-corrected chi connectivity index (χ4v) is 2.80. The van der Waals surface area contributed by atoms with Gasteiger partial charge in [0, 0.05) is 16.2 Å². The Morgan fingerprint density at radius 1 is 1.24 bits per heavy atom. The SMILES string of the molecule is CON(C)Cc1cc(C(=O)NOCCO)c(Nc2ccc(I)cc2F)c(F)c1F. The van der Waals surface area contributed by atoms with E-state index in [1.165, 1.54) is 31.4 Å². The Bertz CT molecular complexity index is 886. The van der Waals surface area contributed by atoms with Crippen molar-refractivity contribution in [3.05, 3.63) is 56.4 Å². The van der Waals surface area contributed by atoms with Crippen molar-refractivity contribution in [2.24, 2.45) is 0 Å². The van der Waals surface area contributed by atoms with Crippen molar-refractivity contribution in [3.63, 3.8) is 0 Å². The number of amides is 1. The van der Waals surface area contributed by atoms with E-state index in [0.29, 0.717) is 3.57 Å². The van der Waals surface area contributed by atoms with Crippen LogP contribution in [0.25, 0.3) is 0 Å². The van der Waals surface area contributed by atoms with E-state index in [1.54, 1.807) is 6.07 Å². The number of halogens is 4. The molecule has 11 heteroatoms. The Labute approximate surface area is 178 Å². The average Bonchev–Trinajstić information content (AvgIpc) is 2.69. The second-order valence-electron chi connectivity index (χ2n) is 5.81. The normalized spacial score (nSPS) is 11.0. The van der Waals surface area contributed by atoms with E-state index < -0.39 is 29.0 Å². The highest BCUT2D eigenvalue weighted by Gasteiger charge is 2.24. The standard InChI is InChI=1S/C18H19F3IN3O4/c1-25(28-2)9-10-7-12(18(27)24-29-6-5-26)17(16(21)15(10)20)23-14-4-3-11(22)8-13(14)19/h3-4,7-8,23,26H,5-6,9H2,1-2H3,(H,24,27). The molecule has 0 aliphatic carbocycles. The Morgan fingerprint density at radius 2 is 1.97 bits per heavy atom. The van der Waals surface area contributed by atoms with E-state index in [2.05, 4.69) is 5.32 Å². The summed E-state index contributed by atoms with van der Waals surface area (Å²) in [7, 11) is 2.84. The van der Waals surface area contributed by atoms with Crippen LogP contribution in [0.4, 0.5) is 24.5 Å². The van der Waals surface area contributed by atoms with Gasteiger partial charge in [0.25, 0.3) is 5.91 Å². The van der Waals surface area contributed by atoms with Gasteiger partial charge >= 0.3 is 0 Å². The fourth-order valence-electron chi connectivity index (χ4n) is 2.34. The van der Waals surface area contributed by atoms with Crippen LogP contribution >= 0.6 is 22.6 Å². The first-order valence-electron chi connectivity index (χ1n) is 8.29. The molecular formula is C18H19F3IN3O4. The number of hydroxylamine groups is 3. The smallest absolute Gasteiger partial charge is 0.277 e. The molecule has 3 N–H and O–H groups in total. The van der Waals surface area contributed by atoms with Crippen LogP contribution in [0.1, 0.15) is 15.9 Å². The van der Waals surface area contributed by atoms with Crippen LogP contribution in [0, 0.1) is 21.0 Å². The predicted molar refractivity (Wildman–Crippen MR) is 108 cm³/mol. The molecule has 0 unspecified atom stereocenters. The van der Waals surface area contributed by atoms with E-state index in [9.17, 15) is 18.0 Å². The zero-order valence-electron chi connectivity index (χ0n) is 15.6. The van der Waals surface area contributed by atoms with Crippen LogP contribution in [0.15, 0.2) is 24.3 Å². The van der Waals surface area contributed by atoms with Crippen molar-refractivity contribution >= 4 is 39.9 Å². The third kappa shape index (κ3) is 6.02. The van der Waals surface area contributed by atoms with Crippen LogP contribution < -0.4 is 10.8 Å². The lowest BCUT2D eigenvalue weighted by atomic mass is 10.1. The number of anilines is 2. The molecule has 0 saturated carbocycles. The third-order valence-electron chi connectivity index (χ3n) is 3.78. The van der Waals surface area contributed by atoms with Crippen molar-refractivity contribution < 1.29 is 32.7 Å². The van der Waals surface area contributed by atoms with Gasteiger partial charge in [0.15, 0.2) is 11.6 Å². The number of benzene rings is 2. The van der Waals surface area contributed by atoms with Gasteiger partial charge in [0.05, 0.1) is 43.8 Å². The first-order valence-corrected chi connectivity index (χ1v) is 9.37. The van der Waals surface area contributed by atoms with E-state index in [-0.39, 0.29) is 36.6 Å². The van der Waals surface area contributed by atoms with Crippen LogP contribution in [0.3, 0.4) is 0 Å². The lowest BCUT2D eigenvalue weighted by molar-refractivity contribution is -0.117. The maximum Gasteiger partial charge on any atom is 0.277 e. The van der Waals surface area contributed by atoms with Gasteiger partial charge in [0.1, 0.15) is 5.82 Å². The van der Waals surface area contributed by atoms with E-state index in [0.717, 1.165) is 6.07 Å². The van der Waals surface area contributed by atoms with Crippen LogP contribution in [0.5, 0.6) is 0 Å². The summed E-state index contributed by atoms with van der Waals surface area (Å²) in [6, 6.07) is 5.21. The zero-order valence-corrected chi connectivity index (χ0v) is 17.7. The van der Waals surface area contributed by atoms with Gasteiger partial charge in [-0.05, 0) is 46.9 Å². The van der Waals surface area contributed by atoms with Gasteiger partial charge in [-0.25, -0.2) is 18.7 Å². The lowest BCUT2D eigenvalue weighted by Crippen LogP contribution is -2.27. The molecule has 0 atom stereocenters. The maximum absolute atomic E-state index is 14.8. The summed E-state index contributed by atoms with van der Waals surface area (Å²) < 4.78 is 44.2. The molecule has 7 nitrogen and oxygen atoms in total. The molecule has 0 aliphatic heterocycles. The molecule has 2 aromatic rings. The molecule has 0 aliphatic rings. The highest BCUT2D eigenvalue weighted by atomic mass is 127. The molecule has 0 saturated heterocycles. The topological polar surface area (TPSA) is 83.1 Å². The Kier molecular flexibility index (Phi) is 8.64. The first-order chi connectivity index (χ1) is 13.8. The van der Waals surface area contributed by atoms with Crippen LogP contribution in [-0.4, -0.2) is 43.4 Å². The summed E-state index contributed by atoms with van der Waals surface area (Å²) in [4.78, 5) is 22.1. The second kappa shape index (κ2) is 10.7. The van der Waals surface area contributed by atoms with E-state index in [4.69, 9.17) is 14.8 Å². The van der Waals surface area contributed by atoms with Gasteiger partial charge in [0.2, 0.25) is 0 Å². The lowest BCUT2D eigenvalue weighted by Gasteiger charge is -2.19. The number of aliphatic hydroxyl groups excluding tert-OH is 1. The summed E-state index contributed by atoms with van der Waals surface area (Å²) in [5, 5.41) is 12.4. The van der Waals surface area contributed by atoms with Crippen molar-refractivity contribution in [1.82, 2.24) is 10.5 Å². The molecule has 2 rings (SSSR count). The Hall–Kier alpha value is -1.93. The molecule has 0 aromatic heterocycles. The number of hydrogen-bond donors (Lipinski definition) is 3. The summed E-state index contributed by atoms with van der Waals surface area (Å²) in [6.45, 7) is -0.723. The van der Waals surface area contributed by atoms with E-state index in [1.807, 2.05) is 28.1 Å². The van der Waals surface area contributed by atoms with E-state index >= 15 is 0 Å². The Morgan fingerprint density at radius 3 is 2.59 bits per heavy atom. The molecule has 0 fully saturated rings. The maximum atomic E-state index is 14.8. The minimum Gasteiger partial charge on any atom is -0.394 e.